The molecule has 2 saturated carbocycles. The fourth-order valence-corrected chi connectivity index (χ4v) is 6.74. The van der Waals surface area contributed by atoms with Crippen LogP contribution < -0.4 is 4.74 Å². The predicted octanol–water partition coefficient (Wildman–Crippen LogP) is 8.60. The fraction of sp³-hybridized carbons (Fsp3) is 0.733. The Morgan fingerprint density at radius 2 is 1.56 bits per heavy atom. The summed E-state index contributed by atoms with van der Waals surface area (Å²) < 4.78 is 40.0. The van der Waals surface area contributed by atoms with E-state index < -0.39 is 11.6 Å². The van der Waals surface area contributed by atoms with E-state index in [0.717, 1.165) is 30.6 Å². The zero-order valence-corrected chi connectivity index (χ0v) is 21.2. The third-order valence-corrected chi connectivity index (χ3v) is 8.80. The first-order valence-electron chi connectivity index (χ1n) is 14.0. The molecule has 4 heteroatoms. The largest absolute Gasteiger partial charge is 0.491 e. The topological polar surface area (TPSA) is 18.5 Å². The summed E-state index contributed by atoms with van der Waals surface area (Å²) in [5.41, 5.74) is 0.408. The lowest BCUT2D eigenvalue weighted by atomic mass is 9.68. The van der Waals surface area contributed by atoms with Crippen molar-refractivity contribution in [3.8, 4) is 5.75 Å². The summed E-state index contributed by atoms with van der Waals surface area (Å²) in [4.78, 5) is 0. The van der Waals surface area contributed by atoms with Crippen LogP contribution in [0.25, 0.3) is 0 Å². The van der Waals surface area contributed by atoms with E-state index in [-0.39, 0.29) is 17.8 Å². The smallest absolute Gasteiger partial charge is 0.200 e. The number of rotatable bonds is 8. The molecule has 0 aromatic heterocycles. The van der Waals surface area contributed by atoms with E-state index in [1.807, 2.05) is 0 Å². The van der Waals surface area contributed by atoms with Gasteiger partial charge in [0.15, 0.2) is 11.6 Å². The van der Waals surface area contributed by atoms with E-state index in [0.29, 0.717) is 24.7 Å². The standard InChI is InChI=1S/C30H44F2O2/c1-3-5-21-6-11-23(12-7-21)24-13-8-22(9-14-24)10-16-26-17-15-25(20-34-26)27-18-19-28(33-4-2)30(32)29(27)31/h10,16,18-19,21-26H,3-9,11-15,17,20H2,1-2H3/b16-10+. The number of halogens is 2. The molecule has 3 fully saturated rings. The lowest BCUT2D eigenvalue weighted by molar-refractivity contribution is 0.0313. The molecule has 2 aliphatic carbocycles. The molecule has 34 heavy (non-hydrogen) atoms. The molecule has 1 aliphatic heterocycles. The lowest BCUT2D eigenvalue weighted by Crippen LogP contribution is -2.26. The second kappa shape index (κ2) is 12.5. The molecule has 3 aliphatic rings. The molecule has 1 aromatic rings. The predicted molar refractivity (Wildman–Crippen MR) is 134 cm³/mol. The van der Waals surface area contributed by atoms with Gasteiger partial charge >= 0.3 is 0 Å². The minimum absolute atomic E-state index is 0.0137. The molecular weight excluding hydrogens is 430 g/mol. The summed E-state index contributed by atoms with van der Waals surface area (Å²) in [6.07, 6.45) is 20.4. The number of allylic oxidation sites excluding steroid dienone is 1. The molecule has 0 radical (unpaired) electrons. The average Bonchev–Trinajstić information content (AvgIpc) is 2.87. The van der Waals surface area contributed by atoms with Crippen molar-refractivity contribution in [1.29, 1.82) is 0 Å². The fourth-order valence-electron chi connectivity index (χ4n) is 6.74. The first-order valence-corrected chi connectivity index (χ1v) is 14.0. The van der Waals surface area contributed by atoms with Crippen molar-refractivity contribution in [1.82, 2.24) is 0 Å². The molecule has 1 saturated heterocycles. The minimum Gasteiger partial charge on any atom is -0.491 e. The van der Waals surface area contributed by atoms with E-state index in [4.69, 9.17) is 9.47 Å². The highest BCUT2D eigenvalue weighted by molar-refractivity contribution is 5.33. The van der Waals surface area contributed by atoms with Crippen LogP contribution in [-0.4, -0.2) is 19.3 Å². The first kappa shape index (κ1) is 25.7. The van der Waals surface area contributed by atoms with Crippen LogP contribution in [-0.2, 0) is 4.74 Å². The van der Waals surface area contributed by atoms with E-state index in [1.165, 1.54) is 70.3 Å². The first-order chi connectivity index (χ1) is 16.6. The Labute approximate surface area is 205 Å². The summed E-state index contributed by atoms with van der Waals surface area (Å²) in [6, 6.07) is 3.19. The number of hydrogen-bond acceptors (Lipinski definition) is 2. The van der Waals surface area contributed by atoms with Crippen molar-refractivity contribution in [2.45, 2.75) is 103 Å². The normalized spacial score (nSPS) is 32.7. The second-order valence-corrected chi connectivity index (χ2v) is 11.0. The molecule has 2 nitrogen and oxygen atoms in total. The van der Waals surface area contributed by atoms with Crippen molar-refractivity contribution < 1.29 is 18.3 Å². The molecule has 2 atom stereocenters. The summed E-state index contributed by atoms with van der Waals surface area (Å²) in [5.74, 6) is 1.81. The van der Waals surface area contributed by atoms with Gasteiger partial charge in [0.2, 0.25) is 5.82 Å². The van der Waals surface area contributed by atoms with Crippen molar-refractivity contribution in [3.05, 3.63) is 41.5 Å². The SMILES string of the molecule is CCCC1CCC(C2CCC(/C=C/C3CCC(c4ccc(OCC)c(F)c4F)CO3)CC2)CC1. The Balaban J connectivity index is 1.19. The van der Waals surface area contributed by atoms with Gasteiger partial charge < -0.3 is 9.47 Å². The zero-order valence-electron chi connectivity index (χ0n) is 21.2. The molecule has 0 bridgehead atoms. The van der Waals surface area contributed by atoms with Gasteiger partial charge in [-0.05, 0) is 93.6 Å². The summed E-state index contributed by atoms with van der Waals surface area (Å²) >= 11 is 0. The Hall–Kier alpha value is -1.42. The molecular formula is C30H44F2O2. The minimum atomic E-state index is -0.883. The second-order valence-electron chi connectivity index (χ2n) is 11.0. The van der Waals surface area contributed by atoms with Crippen LogP contribution in [0.2, 0.25) is 0 Å². The van der Waals surface area contributed by atoms with Gasteiger partial charge in [-0.2, -0.15) is 4.39 Å². The van der Waals surface area contributed by atoms with E-state index >= 15 is 0 Å². The molecule has 2 unspecified atom stereocenters. The molecule has 4 rings (SSSR count). The number of ether oxygens (including phenoxy) is 2. The van der Waals surface area contributed by atoms with E-state index in [9.17, 15) is 8.78 Å². The Morgan fingerprint density at radius 3 is 2.18 bits per heavy atom. The van der Waals surface area contributed by atoms with Crippen LogP contribution >= 0.6 is 0 Å². The quantitative estimate of drug-likeness (QED) is 0.351. The lowest BCUT2D eigenvalue weighted by Gasteiger charge is -2.37. The Kier molecular flexibility index (Phi) is 9.45. The third kappa shape index (κ3) is 6.42. The Bertz CT molecular complexity index is 783. The van der Waals surface area contributed by atoms with E-state index in [2.05, 4.69) is 19.1 Å². The van der Waals surface area contributed by atoms with Crippen molar-refractivity contribution >= 4 is 0 Å². The maximum Gasteiger partial charge on any atom is 0.200 e. The zero-order chi connectivity index (χ0) is 23.9. The van der Waals surface area contributed by atoms with Crippen LogP contribution in [0.1, 0.15) is 102 Å². The van der Waals surface area contributed by atoms with Crippen molar-refractivity contribution in [2.24, 2.45) is 23.7 Å². The van der Waals surface area contributed by atoms with Gasteiger partial charge in [0, 0.05) is 5.92 Å². The molecule has 0 N–H and O–H groups in total. The molecule has 1 aromatic carbocycles. The maximum absolute atomic E-state index is 14.6. The van der Waals surface area contributed by atoms with Crippen molar-refractivity contribution in [3.63, 3.8) is 0 Å². The number of hydrogen-bond donors (Lipinski definition) is 0. The molecule has 1 heterocycles. The molecule has 0 spiro atoms. The van der Waals surface area contributed by atoms with Crippen LogP contribution in [0.4, 0.5) is 8.78 Å². The number of benzene rings is 1. The molecule has 190 valence electrons. The summed E-state index contributed by atoms with van der Waals surface area (Å²) in [6.45, 7) is 4.84. The third-order valence-electron chi connectivity index (χ3n) is 8.80. The van der Waals surface area contributed by atoms with Crippen LogP contribution in [0.3, 0.4) is 0 Å². The van der Waals surface area contributed by atoms with Crippen LogP contribution in [0, 0.1) is 35.3 Å². The van der Waals surface area contributed by atoms with Gasteiger partial charge in [-0.15, -0.1) is 0 Å². The van der Waals surface area contributed by atoms with Gasteiger partial charge in [-0.25, -0.2) is 4.39 Å². The van der Waals surface area contributed by atoms with Crippen LogP contribution in [0.5, 0.6) is 5.75 Å². The average molecular weight is 475 g/mol. The molecule has 0 amide bonds. The van der Waals surface area contributed by atoms with Crippen LogP contribution in [0.15, 0.2) is 24.3 Å². The van der Waals surface area contributed by atoms with E-state index in [1.54, 1.807) is 13.0 Å². The van der Waals surface area contributed by atoms with Gasteiger partial charge in [0.25, 0.3) is 0 Å². The van der Waals surface area contributed by atoms with Gasteiger partial charge in [-0.3, -0.25) is 0 Å². The maximum atomic E-state index is 14.6. The highest BCUT2D eigenvalue weighted by Crippen LogP contribution is 2.42. The highest BCUT2D eigenvalue weighted by Gasteiger charge is 2.31. The van der Waals surface area contributed by atoms with Gasteiger partial charge in [0.1, 0.15) is 0 Å². The van der Waals surface area contributed by atoms with Gasteiger partial charge in [0.05, 0.1) is 19.3 Å². The monoisotopic (exact) mass is 474 g/mol. The highest BCUT2D eigenvalue weighted by atomic mass is 19.2. The summed E-state index contributed by atoms with van der Waals surface area (Å²) in [7, 11) is 0. The van der Waals surface area contributed by atoms with Gasteiger partial charge in [-0.1, -0.05) is 50.8 Å². The Morgan fingerprint density at radius 1 is 0.853 bits per heavy atom. The van der Waals surface area contributed by atoms with Crippen molar-refractivity contribution in [2.75, 3.05) is 13.2 Å². The summed E-state index contributed by atoms with van der Waals surface area (Å²) in [5, 5.41) is 0.